The van der Waals surface area contributed by atoms with E-state index in [9.17, 15) is 4.79 Å². The third kappa shape index (κ3) is 5.11. The minimum absolute atomic E-state index is 0.370. The van der Waals surface area contributed by atoms with E-state index < -0.39 is 17.7 Å². The summed E-state index contributed by atoms with van der Waals surface area (Å²) < 4.78 is 10.5. The molecule has 0 aliphatic carbocycles. The van der Waals surface area contributed by atoms with Gasteiger partial charge in [0.05, 0.1) is 0 Å². The number of carbonyl (C=O) groups excluding carboxylic acids is 1. The Morgan fingerprint density at radius 1 is 1.35 bits per heavy atom. The second-order valence-electron chi connectivity index (χ2n) is 7.95. The minimum atomic E-state index is -0.537. The molecule has 1 amide bonds. The average molecular weight is 324 g/mol. The van der Waals surface area contributed by atoms with Gasteiger partial charge in [-0.15, -0.1) is 0 Å². The Morgan fingerprint density at radius 3 is 2.52 bits per heavy atom. The molecule has 0 bridgehead atoms. The van der Waals surface area contributed by atoms with Crippen LogP contribution in [0.25, 0.3) is 0 Å². The molecule has 0 radical (unpaired) electrons. The lowest BCUT2D eigenvalue weighted by molar-refractivity contribution is 0.0499. The lowest BCUT2D eigenvalue weighted by atomic mass is 9.83. The van der Waals surface area contributed by atoms with Gasteiger partial charge in [-0.3, -0.25) is 0 Å². The molecule has 7 nitrogen and oxygen atoms in total. The van der Waals surface area contributed by atoms with Gasteiger partial charge in [-0.05, 0) is 51.1 Å². The van der Waals surface area contributed by atoms with E-state index in [0.29, 0.717) is 17.3 Å². The molecule has 1 saturated heterocycles. The Balaban J connectivity index is 1.92. The number of hydrogen-bond donors (Lipinski definition) is 1. The van der Waals surface area contributed by atoms with Gasteiger partial charge in [0.15, 0.2) is 0 Å². The molecule has 1 fully saturated rings. The molecule has 0 saturated carbocycles. The Bertz CT molecular complexity index is 538. The lowest BCUT2D eigenvalue weighted by Gasteiger charge is -2.36. The Labute approximate surface area is 137 Å². The summed E-state index contributed by atoms with van der Waals surface area (Å²) in [6.45, 7) is 13.6. The van der Waals surface area contributed by atoms with Crippen LogP contribution in [-0.2, 0) is 4.74 Å². The van der Waals surface area contributed by atoms with Crippen LogP contribution in [0.15, 0.2) is 4.52 Å². The highest BCUT2D eigenvalue weighted by Gasteiger charge is 2.28. The van der Waals surface area contributed by atoms with E-state index in [0.717, 1.165) is 25.9 Å². The zero-order valence-electron chi connectivity index (χ0n) is 15.0. The highest BCUT2D eigenvalue weighted by atomic mass is 16.6. The van der Waals surface area contributed by atoms with Crippen molar-refractivity contribution in [3.8, 4) is 0 Å². The number of alkyl carbamates (subject to hydrolysis) is 1. The zero-order valence-corrected chi connectivity index (χ0v) is 15.0. The summed E-state index contributed by atoms with van der Waals surface area (Å²) in [4.78, 5) is 18.3. The van der Waals surface area contributed by atoms with Crippen molar-refractivity contribution in [2.24, 2.45) is 5.41 Å². The van der Waals surface area contributed by atoms with Gasteiger partial charge in [0, 0.05) is 13.1 Å². The molecule has 1 aliphatic rings. The second kappa shape index (κ2) is 6.37. The molecular weight excluding hydrogens is 296 g/mol. The zero-order chi connectivity index (χ0) is 17.3. The first-order valence-corrected chi connectivity index (χ1v) is 8.14. The predicted octanol–water partition coefficient (Wildman–Crippen LogP) is 3.28. The van der Waals surface area contributed by atoms with E-state index in [1.807, 2.05) is 20.8 Å². The molecular formula is C16H28N4O3. The number of rotatable bonds is 3. The molecule has 0 aromatic carbocycles. The van der Waals surface area contributed by atoms with Crippen LogP contribution in [-0.4, -0.2) is 34.9 Å². The van der Waals surface area contributed by atoms with Crippen LogP contribution in [0.4, 0.5) is 10.7 Å². The van der Waals surface area contributed by atoms with Crippen molar-refractivity contribution in [1.29, 1.82) is 0 Å². The van der Waals surface area contributed by atoms with Crippen LogP contribution in [0.2, 0.25) is 0 Å². The summed E-state index contributed by atoms with van der Waals surface area (Å²) in [6.07, 6.45) is 1.70. The number of nitrogens with one attached hydrogen (secondary N) is 1. The summed E-state index contributed by atoms with van der Waals surface area (Å²) in [7, 11) is 0. The van der Waals surface area contributed by atoms with Crippen molar-refractivity contribution in [2.75, 3.05) is 18.0 Å². The van der Waals surface area contributed by atoms with Gasteiger partial charge in [0.1, 0.15) is 11.6 Å². The summed E-state index contributed by atoms with van der Waals surface area (Å²) in [5.41, 5.74) is -0.168. The number of carbonyl (C=O) groups is 1. The van der Waals surface area contributed by atoms with E-state index in [1.54, 1.807) is 6.92 Å². The van der Waals surface area contributed by atoms with E-state index in [4.69, 9.17) is 9.26 Å². The summed E-state index contributed by atoms with van der Waals surface area (Å²) >= 11 is 0. The fourth-order valence-corrected chi connectivity index (χ4v) is 2.39. The molecule has 23 heavy (non-hydrogen) atoms. The van der Waals surface area contributed by atoms with Gasteiger partial charge in [-0.25, -0.2) is 4.79 Å². The van der Waals surface area contributed by atoms with Crippen LogP contribution >= 0.6 is 0 Å². The molecule has 1 aliphatic heterocycles. The first-order valence-electron chi connectivity index (χ1n) is 8.14. The number of amides is 1. The number of aromatic nitrogens is 2. The van der Waals surface area contributed by atoms with Gasteiger partial charge in [-0.2, -0.15) is 4.98 Å². The van der Waals surface area contributed by atoms with Gasteiger partial charge in [0.2, 0.25) is 0 Å². The largest absolute Gasteiger partial charge is 0.444 e. The molecule has 0 spiro atoms. The van der Waals surface area contributed by atoms with Crippen molar-refractivity contribution in [1.82, 2.24) is 15.5 Å². The Morgan fingerprint density at radius 2 is 1.96 bits per heavy atom. The Kier molecular flexibility index (Phi) is 4.87. The SMILES string of the molecule is C[C@H](NC(=O)OC(C)(C)C)c1nc(N2CCC(C)(C)CC2)no1. The number of anilines is 1. The smallest absolute Gasteiger partial charge is 0.408 e. The highest BCUT2D eigenvalue weighted by molar-refractivity contribution is 5.68. The van der Waals surface area contributed by atoms with Crippen LogP contribution in [0, 0.1) is 5.41 Å². The fourth-order valence-electron chi connectivity index (χ4n) is 2.39. The first-order chi connectivity index (χ1) is 10.6. The van der Waals surface area contributed by atoms with Gasteiger partial charge >= 0.3 is 6.09 Å². The normalized spacial score (nSPS) is 19.3. The number of hydrogen-bond acceptors (Lipinski definition) is 6. The maximum atomic E-state index is 11.8. The van der Waals surface area contributed by atoms with Crippen LogP contribution < -0.4 is 10.2 Å². The van der Waals surface area contributed by atoms with Gasteiger partial charge < -0.3 is 19.5 Å². The molecule has 130 valence electrons. The fraction of sp³-hybridized carbons (Fsp3) is 0.812. The maximum absolute atomic E-state index is 11.8. The second-order valence-corrected chi connectivity index (χ2v) is 7.95. The van der Waals surface area contributed by atoms with Crippen molar-refractivity contribution < 1.29 is 14.1 Å². The van der Waals surface area contributed by atoms with Gasteiger partial charge in [-0.1, -0.05) is 13.8 Å². The van der Waals surface area contributed by atoms with E-state index in [2.05, 4.69) is 34.2 Å². The van der Waals surface area contributed by atoms with Gasteiger partial charge in [0.25, 0.3) is 11.8 Å². The highest BCUT2D eigenvalue weighted by Crippen LogP contribution is 2.31. The number of piperidine rings is 1. The molecule has 7 heteroatoms. The summed E-state index contributed by atoms with van der Waals surface area (Å²) in [6, 6.07) is -0.396. The van der Waals surface area contributed by atoms with E-state index in [1.165, 1.54) is 0 Å². The third-order valence-corrected chi connectivity index (χ3v) is 3.93. The maximum Gasteiger partial charge on any atom is 0.408 e. The summed E-state index contributed by atoms with van der Waals surface area (Å²) in [5, 5.41) is 6.74. The average Bonchev–Trinajstić information content (AvgIpc) is 2.85. The Hall–Kier alpha value is -1.79. The van der Waals surface area contributed by atoms with E-state index >= 15 is 0 Å². The van der Waals surface area contributed by atoms with Crippen molar-refractivity contribution >= 4 is 12.0 Å². The van der Waals surface area contributed by atoms with E-state index in [-0.39, 0.29) is 0 Å². The minimum Gasteiger partial charge on any atom is -0.444 e. The topological polar surface area (TPSA) is 80.5 Å². The van der Waals surface area contributed by atoms with Crippen molar-refractivity contribution in [2.45, 2.75) is 66.0 Å². The molecule has 2 heterocycles. The van der Waals surface area contributed by atoms with Crippen LogP contribution in [0.5, 0.6) is 0 Å². The molecule has 1 N–H and O–H groups in total. The first kappa shape index (κ1) is 17.6. The predicted molar refractivity (Wildman–Crippen MR) is 87.3 cm³/mol. The van der Waals surface area contributed by atoms with Crippen LogP contribution in [0.1, 0.15) is 66.3 Å². The molecule has 1 aromatic heterocycles. The van der Waals surface area contributed by atoms with Crippen molar-refractivity contribution in [3.63, 3.8) is 0 Å². The monoisotopic (exact) mass is 324 g/mol. The van der Waals surface area contributed by atoms with Crippen molar-refractivity contribution in [3.05, 3.63) is 5.89 Å². The lowest BCUT2D eigenvalue weighted by Crippen LogP contribution is -2.38. The molecule has 0 unspecified atom stereocenters. The quantitative estimate of drug-likeness (QED) is 0.919. The molecule has 1 atom stereocenters. The molecule has 1 aromatic rings. The number of ether oxygens (including phenoxy) is 1. The van der Waals surface area contributed by atoms with Crippen LogP contribution in [0.3, 0.4) is 0 Å². The number of nitrogens with zero attached hydrogens (tertiary/aromatic N) is 3. The third-order valence-electron chi connectivity index (χ3n) is 3.93. The summed E-state index contributed by atoms with van der Waals surface area (Å²) in [5.74, 6) is 0.976. The standard InChI is InChI=1S/C16H28N4O3/c1-11(17-14(21)22-15(2,3)4)12-18-13(19-23-12)20-9-7-16(5,6)8-10-20/h11H,7-10H2,1-6H3,(H,17,21)/t11-/m0/s1. The molecule has 2 rings (SSSR count).